The van der Waals surface area contributed by atoms with Crippen LogP contribution in [-0.4, -0.2) is 52.4 Å². The molecule has 1 fully saturated rings. The topological polar surface area (TPSA) is 81.9 Å². The van der Waals surface area contributed by atoms with Crippen LogP contribution in [0.3, 0.4) is 0 Å². The van der Waals surface area contributed by atoms with E-state index in [0.717, 1.165) is 52.3 Å². The molecule has 0 unspecified atom stereocenters. The molecule has 3 N–H and O–H groups in total. The summed E-state index contributed by atoms with van der Waals surface area (Å²) < 4.78 is 5.36. The van der Waals surface area contributed by atoms with Crippen LogP contribution in [0.4, 0.5) is 5.69 Å². The highest BCUT2D eigenvalue weighted by molar-refractivity contribution is 5.94. The third-order valence-electron chi connectivity index (χ3n) is 5.38. The molecule has 1 aliphatic heterocycles. The van der Waals surface area contributed by atoms with Gasteiger partial charge in [-0.3, -0.25) is 5.10 Å². The number of anilines is 1. The van der Waals surface area contributed by atoms with Gasteiger partial charge in [0.15, 0.2) is 5.82 Å². The molecule has 0 spiro atoms. The fraction of sp³-hybridized carbons (Fsp3) is 0.333. The molecule has 0 aliphatic carbocycles. The van der Waals surface area contributed by atoms with Crippen LogP contribution < -0.4 is 15.0 Å². The van der Waals surface area contributed by atoms with E-state index in [1.165, 1.54) is 5.69 Å². The Balaban J connectivity index is 1.54. The number of aromatic amines is 2. The number of methoxy groups -OCH3 is 1. The van der Waals surface area contributed by atoms with Gasteiger partial charge in [0.2, 0.25) is 0 Å². The summed E-state index contributed by atoms with van der Waals surface area (Å²) in [6.45, 7) is 6.46. The van der Waals surface area contributed by atoms with Gasteiger partial charge in [-0.15, -0.1) is 0 Å². The van der Waals surface area contributed by atoms with Crippen molar-refractivity contribution in [3.05, 3.63) is 36.4 Å². The lowest BCUT2D eigenvalue weighted by molar-refractivity contribution is 0.407. The molecule has 3 heterocycles. The van der Waals surface area contributed by atoms with Crippen LogP contribution in [0.1, 0.15) is 13.8 Å². The summed E-state index contributed by atoms with van der Waals surface area (Å²) in [6.07, 6.45) is 0. The maximum absolute atomic E-state index is 5.36. The standard InChI is InChI=1S/C21H24N6O/c1-12-10-27(11-13(2)22-12)14-4-6-18-19(8-14)24-21(23-18)20-16-9-15(28-3)5-7-17(16)25-26-20/h4-9,12-13,22H,10-11H2,1-3H3,(H,23,24)(H,25,26)/t12-,13+. The number of fused-ring (bicyclic) bond motifs is 2. The van der Waals surface area contributed by atoms with Crippen LogP contribution in [0.2, 0.25) is 0 Å². The fourth-order valence-electron chi connectivity index (χ4n) is 4.14. The predicted octanol–water partition coefficient (Wildman–Crippen LogP) is 3.30. The Morgan fingerprint density at radius 2 is 1.86 bits per heavy atom. The molecule has 2 aromatic carbocycles. The van der Waals surface area contributed by atoms with Crippen molar-refractivity contribution in [2.24, 2.45) is 0 Å². The summed E-state index contributed by atoms with van der Waals surface area (Å²) in [6, 6.07) is 13.2. The van der Waals surface area contributed by atoms with Crippen LogP contribution in [0.5, 0.6) is 5.75 Å². The highest BCUT2D eigenvalue weighted by Gasteiger charge is 2.22. The van der Waals surface area contributed by atoms with Gasteiger partial charge in [0.05, 0.1) is 23.7 Å². The van der Waals surface area contributed by atoms with Crippen molar-refractivity contribution in [1.82, 2.24) is 25.5 Å². The Kier molecular flexibility index (Phi) is 3.98. The van der Waals surface area contributed by atoms with E-state index in [2.05, 4.69) is 57.4 Å². The van der Waals surface area contributed by atoms with Crippen molar-refractivity contribution >= 4 is 27.6 Å². The average molecular weight is 376 g/mol. The van der Waals surface area contributed by atoms with Gasteiger partial charge in [0.25, 0.3) is 0 Å². The summed E-state index contributed by atoms with van der Waals surface area (Å²) in [4.78, 5) is 10.7. The molecule has 7 heteroatoms. The third-order valence-corrected chi connectivity index (χ3v) is 5.38. The van der Waals surface area contributed by atoms with Crippen LogP contribution in [0.25, 0.3) is 33.5 Å². The molecule has 144 valence electrons. The molecule has 0 saturated carbocycles. The molecule has 5 rings (SSSR count). The van der Waals surface area contributed by atoms with Gasteiger partial charge < -0.3 is 19.9 Å². The second kappa shape index (κ2) is 6.53. The zero-order valence-corrected chi connectivity index (χ0v) is 16.3. The summed E-state index contributed by atoms with van der Waals surface area (Å²) in [5, 5.41) is 12.1. The number of ether oxygens (including phenoxy) is 1. The molecule has 0 radical (unpaired) electrons. The number of piperazine rings is 1. The lowest BCUT2D eigenvalue weighted by Crippen LogP contribution is -2.54. The molecular formula is C21H24N6O. The van der Waals surface area contributed by atoms with Gasteiger partial charge in [-0.2, -0.15) is 5.10 Å². The molecule has 2 aromatic heterocycles. The second-order valence-corrected chi connectivity index (χ2v) is 7.64. The van der Waals surface area contributed by atoms with E-state index in [4.69, 9.17) is 9.72 Å². The highest BCUT2D eigenvalue weighted by atomic mass is 16.5. The molecule has 2 atom stereocenters. The zero-order valence-electron chi connectivity index (χ0n) is 16.3. The molecule has 0 amide bonds. The number of imidazole rings is 1. The number of benzene rings is 2. The molecule has 7 nitrogen and oxygen atoms in total. The molecule has 0 bridgehead atoms. The van der Waals surface area contributed by atoms with Gasteiger partial charge in [0.1, 0.15) is 11.4 Å². The minimum absolute atomic E-state index is 0.474. The van der Waals surface area contributed by atoms with Gasteiger partial charge in [-0.1, -0.05) is 0 Å². The van der Waals surface area contributed by atoms with E-state index < -0.39 is 0 Å². The number of rotatable bonds is 3. The number of hydrogen-bond acceptors (Lipinski definition) is 5. The molecule has 28 heavy (non-hydrogen) atoms. The number of hydrogen-bond donors (Lipinski definition) is 3. The van der Waals surface area contributed by atoms with Crippen molar-refractivity contribution in [1.29, 1.82) is 0 Å². The van der Waals surface area contributed by atoms with Crippen LogP contribution in [0, 0.1) is 0 Å². The van der Waals surface area contributed by atoms with Crippen molar-refractivity contribution in [3.8, 4) is 17.3 Å². The number of H-pyrrole nitrogens is 2. The highest BCUT2D eigenvalue weighted by Crippen LogP contribution is 2.30. The first-order valence-electron chi connectivity index (χ1n) is 9.64. The van der Waals surface area contributed by atoms with E-state index in [-0.39, 0.29) is 0 Å². The average Bonchev–Trinajstić information content (AvgIpc) is 3.29. The minimum Gasteiger partial charge on any atom is -0.497 e. The van der Waals surface area contributed by atoms with Crippen molar-refractivity contribution in [2.45, 2.75) is 25.9 Å². The predicted molar refractivity (Wildman–Crippen MR) is 112 cm³/mol. The first-order valence-corrected chi connectivity index (χ1v) is 9.64. The van der Waals surface area contributed by atoms with E-state index in [0.29, 0.717) is 12.1 Å². The van der Waals surface area contributed by atoms with Gasteiger partial charge in [0, 0.05) is 36.2 Å². The third kappa shape index (κ3) is 2.88. The normalized spacial score (nSPS) is 20.2. The smallest absolute Gasteiger partial charge is 0.159 e. The van der Waals surface area contributed by atoms with Crippen LogP contribution in [-0.2, 0) is 0 Å². The van der Waals surface area contributed by atoms with Crippen molar-refractivity contribution in [2.75, 3.05) is 25.1 Å². The van der Waals surface area contributed by atoms with E-state index in [1.54, 1.807) is 7.11 Å². The first kappa shape index (κ1) is 17.1. The first-order chi connectivity index (χ1) is 13.6. The number of aromatic nitrogens is 4. The zero-order chi connectivity index (χ0) is 19.3. The fourth-order valence-corrected chi connectivity index (χ4v) is 4.14. The molecular weight excluding hydrogens is 352 g/mol. The Morgan fingerprint density at radius 1 is 1.04 bits per heavy atom. The Hall–Kier alpha value is -3.06. The Morgan fingerprint density at radius 3 is 2.64 bits per heavy atom. The minimum atomic E-state index is 0.474. The SMILES string of the molecule is COc1ccc2[nH]nc(-c3nc4ccc(N5C[C@@H](C)N[C@@H](C)C5)cc4[nH]3)c2c1. The van der Waals surface area contributed by atoms with Crippen LogP contribution in [0.15, 0.2) is 36.4 Å². The summed E-state index contributed by atoms with van der Waals surface area (Å²) in [5.41, 5.74) is 4.94. The van der Waals surface area contributed by atoms with E-state index >= 15 is 0 Å². The summed E-state index contributed by atoms with van der Waals surface area (Å²) >= 11 is 0. The largest absolute Gasteiger partial charge is 0.497 e. The maximum atomic E-state index is 5.36. The van der Waals surface area contributed by atoms with Gasteiger partial charge in [-0.25, -0.2) is 4.98 Å². The second-order valence-electron chi connectivity index (χ2n) is 7.64. The van der Waals surface area contributed by atoms with Crippen LogP contribution >= 0.6 is 0 Å². The maximum Gasteiger partial charge on any atom is 0.159 e. The van der Waals surface area contributed by atoms with Crippen molar-refractivity contribution < 1.29 is 4.74 Å². The number of nitrogens with one attached hydrogen (secondary N) is 3. The molecule has 4 aromatic rings. The molecule has 1 saturated heterocycles. The quantitative estimate of drug-likeness (QED) is 0.511. The summed E-state index contributed by atoms with van der Waals surface area (Å²) in [5.74, 6) is 1.56. The Bertz CT molecular complexity index is 1140. The van der Waals surface area contributed by atoms with Crippen molar-refractivity contribution in [3.63, 3.8) is 0 Å². The van der Waals surface area contributed by atoms with E-state index in [9.17, 15) is 0 Å². The summed E-state index contributed by atoms with van der Waals surface area (Å²) in [7, 11) is 1.67. The Labute approximate surface area is 163 Å². The van der Waals surface area contributed by atoms with E-state index in [1.807, 2.05) is 18.2 Å². The van der Waals surface area contributed by atoms with Gasteiger partial charge in [-0.05, 0) is 50.2 Å². The van der Waals surface area contributed by atoms with Gasteiger partial charge >= 0.3 is 0 Å². The monoisotopic (exact) mass is 376 g/mol. The lowest BCUT2D eigenvalue weighted by Gasteiger charge is -2.37. The number of nitrogens with zero attached hydrogens (tertiary/aromatic N) is 3. The molecule has 1 aliphatic rings. The lowest BCUT2D eigenvalue weighted by atomic mass is 10.1.